The van der Waals surface area contributed by atoms with E-state index in [0.29, 0.717) is 23.0 Å². The summed E-state index contributed by atoms with van der Waals surface area (Å²) in [6.45, 7) is 10.8. The third-order valence-electron chi connectivity index (χ3n) is 8.67. The van der Waals surface area contributed by atoms with Crippen molar-refractivity contribution < 1.29 is 9.90 Å². The van der Waals surface area contributed by atoms with E-state index >= 15 is 0 Å². The van der Waals surface area contributed by atoms with E-state index in [-0.39, 0.29) is 11.2 Å². The zero-order valence-corrected chi connectivity index (χ0v) is 18.3. The van der Waals surface area contributed by atoms with Crippen LogP contribution in [0.3, 0.4) is 0 Å². The van der Waals surface area contributed by atoms with Gasteiger partial charge in [0.1, 0.15) is 11.5 Å². The van der Waals surface area contributed by atoms with Gasteiger partial charge in [0, 0.05) is 11.8 Å². The van der Waals surface area contributed by atoms with E-state index in [0.717, 1.165) is 12.3 Å². The predicted octanol–water partition coefficient (Wildman–Crippen LogP) is 7.00. The molecule has 0 amide bonds. The molecule has 5 aliphatic rings. The first kappa shape index (κ1) is 19.7. The molecule has 2 nitrogen and oxygen atoms in total. The van der Waals surface area contributed by atoms with E-state index in [4.69, 9.17) is 0 Å². The van der Waals surface area contributed by atoms with Crippen molar-refractivity contribution in [2.24, 2.45) is 22.2 Å². The fraction of sp³-hybridized carbons (Fsp3) is 0.654. The maximum Gasteiger partial charge on any atom is 0.129 e. The molecule has 0 aromatic rings. The van der Waals surface area contributed by atoms with Gasteiger partial charge in [-0.2, -0.15) is 0 Å². The number of hydrogen-bond donors (Lipinski definition) is 1. The summed E-state index contributed by atoms with van der Waals surface area (Å²) in [5, 5.41) is 10.1. The Morgan fingerprint density at radius 2 is 1.89 bits per heavy atom. The van der Waals surface area contributed by atoms with Crippen molar-refractivity contribution in [3.8, 4) is 0 Å². The molecule has 3 unspecified atom stereocenters. The Morgan fingerprint density at radius 1 is 1.21 bits per heavy atom. The first-order valence-electron chi connectivity index (χ1n) is 11.2. The maximum atomic E-state index is 10.1. The number of Topliss-reactive ketones (excluding diaryl/α,β-unsaturated/α-hetero) is 1. The lowest BCUT2D eigenvalue weighted by Gasteiger charge is -2.51. The quantitative estimate of drug-likeness (QED) is 0.532. The fourth-order valence-corrected chi connectivity index (χ4v) is 6.25. The number of hydrogen-bond acceptors (Lipinski definition) is 2. The Bertz CT molecular complexity index is 832. The first-order valence-corrected chi connectivity index (χ1v) is 11.2. The van der Waals surface area contributed by atoms with Gasteiger partial charge in [0.2, 0.25) is 0 Å². The SMILES string of the molecule is CC1CC=C2C3=C(CCC21C)C1(C)CC=C(O)C=C1C1(CC1)C3.CCC(C)=O. The monoisotopic (exact) mass is 380 g/mol. The summed E-state index contributed by atoms with van der Waals surface area (Å²) < 4.78 is 0. The number of rotatable bonds is 1. The van der Waals surface area contributed by atoms with Crippen LogP contribution < -0.4 is 0 Å². The molecule has 5 rings (SSSR count). The molecule has 1 fully saturated rings. The number of aliphatic hydroxyl groups excluding tert-OH is 1. The van der Waals surface area contributed by atoms with E-state index in [1.807, 2.05) is 6.92 Å². The summed E-state index contributed by atoms with van der Waals surface area (Å²) in [6, 6.07) is 0. The third-order valence-corrected chi connectivity index (χ3v) is 8.67. The highest BCUT2D eigenvalue weighted by Crippen LogP contribution is 2.71. The minimum absolute atomic E-state index is 0.171. The lowest BCUT2D eigenvalue weighted by atomic mass is 9.52. The van der Waals surface area contributed by atoms with Crippen LogP contribution in [0.2, 0.25) is 0 Å². The molecule has 0 bridgehead atoms. The second-order valence-corrected chi connectivity index (χ2v) is 10.4. The molecule has 1 N–H and O–H groups in total. The van der Waals surface area contributed by atoms with Crippen LogP contribution in [0.4, 0.5) is 0 Å². The van der Waals surface area contributed by atoms with Gasteiger partial charge in [-0.15, -0.1) is 0 Å². The van der Waals surface area contributed by atoms with Crippen molar-refractivity contribution in [1.29, 1.82) is 0 Å². The van der Waals surface area contributed by atoms with Gasteiger partial charge in [0.15, 0.2) is 0 Å². The molecule has 0 aromatic carbocycles. The molecule has 28 heavy (non-hydrogen) atoms. The smallest absolute Gasteiger partial charge is 0.129 e. The number of carbonyl (C=O) groups is 1. The van der Waals surface area contributed by atoms with Gasteiger partial charge in [-0.1, -0.05) is 39.3 Å². The topological polar surface area (TPSA) is 37.3 Å². The second kappa shape index (κ2) is 6.47. The Hall–Kier alpha value is -1.57. The average molecular weight is 381 g/mol. The molecule has 0 aliphatic heterocycles. The minimum Gasteiger partial charge on any atom is -0.508 e. The van der Waals surface area contributed by atoms with Crippen molar-refractivity contribution in [2.45, 2.75) is 86.0 Å². The zero-order chi connectivity index (χ0) is 20.3. The zero-order valence-electron chi connectivity index (χ0n) is 18.3. The highest BCUT2D eigenvalue weighted by atomic mass is 16.3. The summed E-state index contributed by atoms with van der Waals surface area (Å²) in [5.41, 5.74) is 7.66. The van der Waals surface area contributed by atoms with Gasteiger partial charge >= 0.3 is 0 Å². The molecule has 0 aromatic heterocycles. The molecule has 152 valence electrons. The third kappa shape index (κ3) is 2.78. The van der Waals surface area contributed by atoms with Crippen molar-refractivity contribution in [3.05, 3.63) is 46.3 Å². The molecule has 3 atom stereocenters. The fourth-order valence-electron chi connectivity index (χ4n) is 6.25. The first-order chi connectivity index (χ1) is 13.2. The van der Waals surface area contributed by atoms with Crippen molar-refractivity contribution in [1.82, 2.24) is 0 Å². The van der Waals surface area contributed by atoms with Crippen LogP contribution >= 0.6 is 0 Å². The molecular weight excluding hydrogens is 344 g/mol. The molecule has 2 heteroatoms. The van der Waals surface area contributed by atoms with Gasteiger partial charge in [0.05, 0.1) is 0 Å². The van der Waals surface area contributed by atoms with Crippen molar-refractivity contribution in [2.75, 3.05) is 0 Å². The Morgan fingerprint density at radius 3 is 2.50 bits per heavy atom. The number of fused-ring (bicyclic) bond motifs is 5. The highest BCUT2D eigenvalue weighted by molar-refractivity contribution is 5.74. The van der Waals surface area contributed by atoms with E-state index in [2.05, 4.69) is 39.0 Å². The number of aliphatic hydroxyl groups is 1. The standard InChI is InChI=1S/C22H28O.C4H8O/c1-14-4-5-17-16-13-22(10-11-22)19-12-15(23)6-8-21(19,3)18(16)7-9-20(14,17)2;1-3-4(2)5/h5-6,12,14,23H,4,7-11,13H2,1-3H3;3H2,1-2H3. The number of allylic oxidation sites excluding steroid dienone is 7. The van der Waals surface area contributed by atoms with E-state index in [1.54, 1.807) is 29.2 Å². The Kier molecular flexibility index (Phi) is 4.56. The lowest BCUT2D eigenvalue weighted by molar-refractivity contribution is -0.116. The summed E-state index contributed by atoms with van der Waals surface area (Å²) in [6.07, 6.45) is 16.1. The number of carbonyl (C=O) groups excluding carboxylic acids is 1. The second-order valence-electron chi connectivity index (χ2n) is 10.4. The predicted molar refractivity (Wildman–Crippen MR) is 115 cm³/mol. The minimum atomic E-state index is 0.171. The highest BCUT2D eigenvalue weighted by Gasteiger charge is 2.59. The molecule has 0 saturated heterocycles. The lowest BCUT2D eigenvalue weighted by Crippen LogP contribution is -2.40. The van der Waals surface area contributed by atoms with E-state index < -0.39 is 0 Å². The van der Waals surface area contributed by atoms with Crippen molar-refractivity contribution >= 4 is 5.78 Å². The summed E-state index contributed by atoms with van der Waals surface area (Å²) >= 11 is 0. The van der Waals surface area contributed by atoms with Crippen LogP contribution in [0.25, 0.3) is 0 Å². The van der Waals surface area contributed by atoms with Crippen LogP contribution in [0, 0.1) is 22.2 Å². The van der Waals surface area contributed by atoms with Crippen LogP contribution in [-0.2, 0) is 4.79 Å². The molecule has 1 spiro atoms. The summed E-state index contributed by atoms with van der Waals surface area (Å²) in [4.78, 5) is 9.81. The van der Waals surface area contributed by atoms with Crippen molar-refractivity contribution in [3.63, 3.8) is 0 Å². The average Bonchev–Trinajstić information content (AvgIpc) is 3.35. The maximum absolute atomic E-state index is 10.1. The van der Waals surface area contributed by atoms with Gasteiger partial charge in [0.25, 0.3) is 0 Å². The van der Waals surface area contributed by atoms with Crippen LogP contribution in [0.15, 0.2) is 46.3 Å². The molecular formula is C26H36O2. The molecule has 0 radical (unpaired) electrons. The summed E-state index contributed by atoms with van der Waals surface area (Å²) in [5.74, 6) is 1.55. The molecule has 0 heterocycles. The summed E-state index contributed by atoms with van der Waals surface area (Å²) in [7, 11) is 0. The molecule has 1 saturated carbocycles. The Balaban J connectivity index is 0.000000346. The van der Waals surface area contributed by atoms with Gasteiger partial charge in [-0.3, -0.25) is 0 Å². The largest absolute Gasteiger partial charge is 0.508 e. The van der Waals surface area contributed by atoms with Gasteiger partial charge in [-0.05, 0) is 97.5 Å². The Labute approximate surface area is 170 Å². The van der Waals surface area contributed by atoms with E-state index in [9.17, 15) is 9.90 Å². The van der Waals surface area contributed by atoms with Crippen LogP contribution in [0.1, 0.15) is 86.0 Å². The number of ketones is 1. The van der Waals surface area contributed by atoms with Crippen LogP contribution in [0.5, 0.6) is 0 Å². The van der Waals surface area contributed by atoms with Gasteiger partial charge in [-0.25, -0.2) is 0 Å². The normalized spacial score (nSPS) is 36.9. The molecule has 5 aliphatic carbocycles. The van der Waals surface area contributed by atoms with Gasteiger partial charge < -0.3 is 9.90 Å². The van der Waals surface area contributed by atoms with E-state index in [1.165, 1.54) is 38.5 Å². The van der Waals surface area contributed by atoms with Crippen LogP contribution in [-0.4, -0.2) is 10.9 Å².